The zero-order valence-electron chi connectivity index (χ0n) is 32.6. The van der Waals surface area contributed by atoms with E-state index in [9.17, 15) is 9.36 Å². The summed E-state index contributed by atoms with van der Waals surface area (Å²) >= 11 is 0. The van der Waals surface area contributed by atoms with Crippen LogP contribution in [0.25, 0.3) is 0 Å². The van der Waals surface area contributed by atoms with Gasteiger partial charge in [0, 0.05) is 13.0 Å². The number of ether oxygens (including phenoxy) is 2. The SMILES string of the molecule is CCCCCCCCCCCCCCCCCCCCCC(=O)O[C@H](COCCCCCCCCCCCCCCCC)COP(=O)(O)O. The first-order chi connectivity index (χ1) is 23.9. The van der Waals surface area contributed by atoms with E-state index in [1.807, 2.05) is 0 Å². The van der Waals surface area contributed by atoms with E-state index in [0.29, 0.717) is 13.0 Å². The minimum absolute atomic E-state index is 0.0867. The van der Waals surface area contributed by atoms with Crippen LogP contribution in [0.5, 0.6) is 0 Å². The maximum atomic E-state index is 12.4. The van der Waals surface area contributed by atoms with Crippen molar-refractivity contribution in [2.24, 2.45) is 0 Å². The molecular weight excluding hydrogens is 635 g/mol. The molecule has 294 valence electrons. The van der Waals surface area contributed by atoms with Crippen LogP contribution in [0.3, 0.4) is 0 Å². The van der Waals surface area contributed by atoms with Gasteiger partial charge in [0.1, 0.15) is 6.10 Å². The maximum absolute atomic E-state index is 12.4. The average molecular weight is 719 g/mol. The molecule has 7 nitrogen and oxygen atoms in total. The van der Waals surface area contributed by atoms with Crippen LogP contribution >= 0.6 is 7.82 Å². The number of hydrogen-bond donors (Lipinski definition) is 2. The zero-order chi connectivity index (χ0) is 35.9. The molecule has 0 saturated heterocycles. The second kappa shape index (κ2) is 38.8. The summed E-state index contributed by atoms with van der Waals surface area (Å²) in [7, 11) is -4.64. The molecule has 0 aliphatic heterocycles. The van der Waals surface area contributed by atoms with Gasteiger partial charge < -0.3 is 19.3 Å². The smallest absolute Gasteiger partial charge is 0.457 e. The van der Waals surface area contributed by atoms with E-state index in [0.717, 1.165) is 32.1 Å². The van der Waals surface area contributed by atoms with Crippen LogP contribution in [0, 0.1) is 0 Å². The Labute approximate surface area is 304 Å². The zero-order valence-corrected chi connectivity index (χ0v) is 33.5. The van der Waals surface area contributed by atoms with Crippen LogP contribution in [0.2, 0.25) is 0 Å². The third-order valence-electron chi connectivity index (χ3n) is 9.66. The number of carbonyl (C=O) groups is 1. The number of esters is 1. The molecule has 0 aromatic heterocycles. The second-order valence-corrected chi connectivity index (χ2v) is 15.9. The Morgan fingerprint density at radius 1 is 0.469 bits per heavy atom. The van der Waals surface area contributed by atoms with Gasteiger partial charge in [0.25, 0.3) is 0 Å². The molecule has 0 amide bonds. The topological polar surface area (TPSA) is 102 Å². The van der Waals surface area contributed by atoms with E-state index >= 15 is 0 Å². The van der Waals surface area contributed by atoms with Gasteiger partial charge in [-0.15, -0.1) is 0 Å². The lowest BCUT2D eigenvalue weighted by molar-refractivity contribution is -0.154. The third kappa shape index (κ3) is 41.8. The predicted octanol–water partition coefficient (Wildman–Crippen LogP) is 13.3. The quantitative estimate of drug-likeness (QED) is 0.0368. The second-order valence-electron chi connectivity index (χ2n) is 14.7. The normalized spacial score (nSPS) is 12.5. The molecule has 0 heterocycles. The largest absolute Gasteiger partial charge is 0.469 e. The number of carbonyl (C=O) groups excluding carboxylic acids is 1. The summed E-state index contributed by atoms with van der Waals surface area (Å²) in [6.45, 7) is 4.80. The van der Waals surface area contributed by atoms with Gasteiger partial charge >= 0.3 is 13.8 Å². The Hall–Kier alpha value is -0.460. The molecule has 0 radical (unpaired) electrons. The third-order valence-corrected chi connectivity index (χ3v) is 10.1. The molecule has 0 aliphatic rings. The number of phosphoric ester groups is 1. The molecule has 49 heavy (non-hydrogen) atoms. The lowest BCUT2D eigenvalue weighted by atomic mass is 10.0. The molecule has 0 saturated carbocycles. The van der Waals surface area contributed by atoms with Crippen LogP contribution in [0.15, 0.2) is 0 Å². The number of rotatable bonds is 41. The standard InChI is InChI=1S/C41H83O7P/c1-3-5-7-9-11-13-15-17-19-20-21-22-23-24-26-28-30-32-34-36-41(42)48-40(39-47-49(43,44)45)38-46-37-35-33-31-29-27-25-18-16-14-12-10-8-6-4-2/h40H,3-39H2,1-2H3,(H2,43,44,45)/t40-/m1/s1. The van der Waals surface area contributed by atoms with E-state index < -0.39 is 13.9 Å². The van der Waals surface area contributed by atoms with E-state index in [2.05, 4.69) is 18.4 Å². The Kier molecular flexibility index (Phi) is 38.4. The van der Waals surface area contributed by atoms with Gasteiger partial charge in [-0.25, -0.2) is 4.57 Å². The molecule has 0 spiro atoms. The highest BCUT2D eigenvalue weighted by Gasteiger charge is 2.21. The van der Waals surface area contributed by atoms with Crippen molar-refractivity contribution in [2.45, 2.75) is 238 Å². The van der Waals surface area contributed by atoms with Crippen molar-refractivity contribution >= 4 is 13.8 Å². The molecule has 0 bridgehead atoms. The lowest BCUT2D eigenvalue weighted by Gasteiger charge is -2.18. The van der Waals surface area contributed by atoms with E-state index in [1.54, 1.807) is 0 Å². The summed E-state index contributed by atoms with van der Waals surface area (Å²) in [6.07, 6.45) is 42.4. The Bertz CT molecular complexity index is 714. The molecule has 1 atom stereocenters. The fraction of sp³-hybridized carbons (Fsp3) is 0.976. The van der Waals surface area contributed by atoms with Crippen molar-refractivity contribution in [3.63, 3.8) is 0 Å². The highest BCUT2D eigenvalue weighted by molar-refractivity contribution is 7.46. The van der Waals surface area contributed by atoms with E-state index in [-0.39, 0.29) is 19.2 Å². The molecule has 0 unspecified atom stereocenters. The first-order valence-corrected chi connectivity index (χ1v) is 22.9. The van der Waals surface area contributed by atoms with Gasteiger partial charge in [0.2, 0.25) is 0 Å². The Balaban J connectivity index is 3.72. The van der Waals surface area contributed by atoms with Crippen molar-refractivity contribution in [3.05, 3.63) is 0 Å². The van der Waals surface area contributed by atoms with Crippen LogP contribution in [-0.4, -0.2) is 41.7 Å². The van der Waals surface area contributed by atoms with Gasteiger partial charge in [-0.05, 0) is 12.8 Å². The molecule has 0 rings (SSSR count). The van der Waals surface area contributed by atoms with Crippen LogP contribution in [-0.2, 0) is 23.4 Å². The average Bonchev–Trinajstić information content (AvgIpc) is 3.07. The van der Waals surface area contributed by atoms with Crippen LogP contribution in [0.4, 0.5) is 0 Å². The summed E-state index contributed by atoms with van der Waals surface area (Å²) in [4.78, 5) is 30.6. The van der Waals surface area contributed by atoms with Crippen molar-refractivity contribution in [2.75, 3.05) is 19.8 Å². The molecular formula is C41H83O7P. The summed E-state index contributed by atoms with van der Waals surface area (Å²) < 4.78 is 27.0. The lowest BCUT2D eigenvalue weighted by Crippen LogP contribution is -2.28. The van der Waals surface area contributed by atoms with E-state index in [1.165, 1.54) is 180 Å². The van der Waals surface area contributed by atoms with Crippen molar-refractivity contribution in [1.82, 2.24) is 0 Å². The number of unbranched alkanes of at least 4 members (excludes halogenated alkanes) is 31. The predicted molar refractivity (Wildman–Crippen MR) is 207 cm³/mol. The van der Waals surface area contributed by atoms with Crippen molar-refractivity contribution < 1.29 is 33.1 Å². The van der Waals surface area contributed by atoms with Crippen molar-refractivity contribution in [3.8, 4) is 0 Å². The van der Waals surface area contributed by atoms with Gasteiger partial charge in [0.05, 0.1) is 13.2 Å². The molecule has 8 heteroatoms. The van der Waals surface area contributed by atoms with Crippen LogP contribution < -0.4 is 0 Å². The number of phosphoric acid groups is 1. The molecule has 0 aromatic carbocycles. The molecule has 0 aromatic rings. The van der Waals surface area contributed by atoms with Gasteiger partial charge in [-0.1, -0.05) is 213 Å². The fourth-order valence-corrected chi connectivity index (χ4v) is 6.86. The fourth-order valence-electron chi connectivity index (χ4n) is 6.50. The van der Waals surface area contributed by atoms with Crippen LogP contribution in [0.1, 0.15) is 232 Å². The minimum atomic E-state index is -4.64. The first kappa shape index (κ1) is 48.5. The monoisotopic (exact) mass is 719 g/mol. The molecule has 0 aliphatic carbocycles. The van der Waals surface area contributed by atoms with Gasteiger partial charge in [-0.3, -0.25) is 9.32 Å². The Morgan fingerprint density at radius 3 is 1.10 bits per heavy atom. The maximum Gasteiger partial charge on any atom is 0.469 e. The highest BCUT2D eigenvalue weighted by atomic mass is 31.2. The summed E-state index contributed by atoms with van der Waals surface area (Å²) in [5.74, 6) is -0.355. The summed E-state index contributed by atoms with van der Waals surface area (Å²) in [5, 5.41) is 0. The van der Waals surface area contributed by atoms with Gasteiger partial charge in [-0.2, -0.15) is 0 Å². The molecule has 2 N–H and O–H groups in total. The summed E-state index contributed by atoms with van der Waals surface area (Å²) in [5.41, 5.74) is 0. The first-order valence-electron chi connectivity index (χ1n) is 21.4. The highest BCUT2D eigenvalue weighted by Crippen LogP contribution is 2.36. The van der Waals surface area contributed by atoms with E-state index in [4.69, 9.17) is 19.3 Å². The minimum Gasteiger partial charge on any atom is -0.457 e. The van der Waals surface area contributed by atoms with Crippen molar-refractivity contribution in [1.29, 1.82) is 0 Å². The summed E-state index contributed by atoms with van der Waals surface area (Å²) in [6, 6.07) is 0. The number of hydrogen-bond acceptors (Lipinski definition) is 5. The van der Waals surface area contributed by atoms with Gasteiger partial charge in [0.15, 0.2) is 0 Å². The molecule has 0 fully saturated rings. The Morgan fingerprint density at radius 2 is 0.776 bits per heavy atom.